The third-order valence-corrected chi connectivity index (χ3v) is 2.73. The van der Waals surface area contributed by atoms with Crippen molar-refractivity contribution in [3.05, 3.63) is 22.9 Å². The van der Waals surface area contributed by atoms with Crippen LogP contribution in [-0.4, -0.2) is 28.0 Å². The Morgan fingerprint density at radius 3 is 3.00 bits per heavy atom. The Morgan fingerprint density at radius 1 is 1.54 bits per heavy atom. The molecule has 0 aliphatic carbocycles. The van der Waals surface area contributed by atoms with Gasteiger partial charge in [0.25, 0.3) is 0 Å². The summed E-state index contributed by atoms with van der Waals surface area (Å²) in [5.41, 5.74) is -0.00116. The van der Waals surface area contributed by atoms with Crippen LogP contribution in [-0.2, 0) is 0 Å². The fraction of sp³-hybridized carbons (Fsp3) is 0.667. The van der Waals surface area contributed by atoms with E-state index in [1.165, 1.54) is 12.8 Å². The van der Waals surface area contributed by atoms with Crippen LogP contribution < -0.4 is 5.69 Å². The standard InChI is InChI=1S/C9H15N3O/c1-11-6-3-2-4-8(11)12-7-5-10-9(12)13/h5,7-8H,2-4,6H2,1H3,(H,10,13). The predicted molar refractivity (Wildman–Crippen MR) is 50.6 cm³/mol. The number of rotatable bonds is 1. The summed E-state index contributed by atoms with van der Waals surface area (Å²) in [6, 6.07) is 0. The number of nitrogens with one attached hydrogen (secondary N) is 1. The Labute approximate surface area is 77.2 Å². The summed E-state index contributed by atoms with van der Waals surface area (Å²) in [4.78, 5) is 16.2. The fourth-order valence-corrected chi connectivity index (χ4v) is 1.97. The van der Waals surface area contributed by atoms with E-state index in [0.29, 0.717) is 0 Å². The molecule has 1 saturated heterocycles. The highest BCUT2D eigenvalue weighted by molar-refractivity contribution is 4.82. The SMILES string of the molecule is CN1CCCCC1n1cc[nH]c1=O. The molecule has 0 amide bonds. The monoisotopic (exact) mass is 181 g/mol. The van der Waals surface area contributed by atoms with Gasteiger partial charge in [-0.15, -0.1) is 0 Å². The van der Waals surface area contributed by atoms with Crippen molar-refractivity contribution in [2.45, 2.75) is 25.4 Å². The average molecular weight is 181 g/mol. The highest BCUT2D eigenvalue weighted by Crippen LogP contribution is 2.22. The molecular weight excluding hydrogens is 166 g/mol. The second-order valence-corrected chi connectivity index (χ2v) is 3.63. The van der Waals surface area contributed by atoms with Crippen molar-refractivity contribution in [3.8, 4) is 0 Å². The van der Waals surface area contributed by atoms with Crippen molar-refractivity contribution in [2.24, 2.45) is 0 Å². The van der Waals surface area contributed by atoms with Gasteiger partial charge in [0.15, 0.2) is 0 Å². The van der Waals surface area contributed by atoms with Crippen LogP contribution in [0.1, 0.15) is 25.4 Å². The molecule has 1 aromatic heterocycles. The molecule has 1 aromatic rings. The van der Waals surface area contributed by atoms with Gasteiger partial charge in [-0.25, -0.2) is 4.79 Å². The Morgan fingerprint density at radius 2 is 2.38 bits per heavy atom. The zero-order valence-corrected chi connectivity index (χ0v) is 7.86. The van der Waals surface area contributed by atoms with E-state index in [-0.39, 0.29) is 11.9 Å². The summed E-state index contributed by atoms with van der Waals surface area (Å²) in [5.74, 6) is 0. The highest BCUT2D eigenvalue weighted by atomic mass is 16.1. The number of aromatic nitrogens is 2. The first-order valence-electron chi connectivity index (χ1n) is 4.75. The van der Waals surface area contributed by atoms with E-state index in [4.69, 9.17) is 0 Å². The first-order chi connectivity index (χ1) is 6.29. The number of hydrogen-bond donors (Lipinski definition) is 1. The fourth-order valence-electron chi connectivity index (χ4n) is 1.97. The minimum atomic E-state index is -0.00116. The van der Waals surface area contributed by atoms with Gasteiger partial charge in [0.2, 0.25) is 0 Å². The lowest BCUT2D eigenvalue weighted by atomic mass is 10.1. The molecule has 2 heterocycles. The number of hydrogen-bond acceptors (Lipinski definition) is 2. The predicted octanol–water partition coefficient (Wildman–Crippen LogP) is 0.791. The second kappa shape index (κ2) is 3.38. The Hall–Kier alpha value is -1.03. The average Bonchev–Trinajstić information content (AvgIpc) is 2.52. The van der Waals surface area contributed by atoms with Gasteiger partial charge in [-0.2, -0.15) is 0 Å². The van der Waals surface area contributed by atoms with E-state index >= 15 is 0 Å². The van der Waals surface area contributed by atoms with Crippen molar-refractivity contribution >= 4 is 0 Å². The van der Waals surface area contributed by atoms with Gasteiger partial charge >= 0.3 is 5.69 Å². The molecular formula is C9H15N3O. The number of piperidine rings is 1. The van der Waals surface area contributed by atoms with E-state index in [2.05, 4.69) is 16.9 Å². The highest BCUT2D eigenvalue weighted by Gasteiger charge is 2.20. The zero-order valence-electron chi connectivity index (χ0n) is 7.86. The lowest BCUT2D eigenvalue weighted by Gasteiger charge is -2.32. The van der Waals surface area contributed by atoms with Crippen molar-refractivity contribution in [3.63, 3.8) is 0 Å². The summed E-state index contributed by atoms with van der Waals surface area (Å²) in [5, 5.41) is 0. The molecule has 4 nitrogen and oxygen atoms in total. The van der Waals surface area contributed by atoms with E-state index in [0.717, 1.165) is 13.0 Å². The van der Waals surface area contributed by atoms with Gasteiger partial charge in [0.1, 0.15) is 0 Å². The first-order valence-corrected chi connectivity index (χ1v) is 4.75. The van der Waals surface area contributed by atoms with Crippen molar-refractivity contribution in [1.29, 1.82) is 0 Å². The van der Waals surface area contributed by atoms with Crippen LogP contribution in [0.2, 0.25) is 0 Å². The van der Waals surface area contributed by atoms with E-state index in [1.54, 1.807) is 10.8 Å². The molecule has 1 fully saturated rings. The molecule has 1 aliphatic rings. The van der Waals surface area contributed by atoms with Crippen molar-refractivity contribution < 1.29 is 0 Å². The molecule has 4 heteroatoms. The molecule has 13 heavy (non-hydrogen) atoms. The van der Waals surface area contributed by atoms with Gasteiger partial charge in [0, 0.05) is 12.4 Å². The summed E-state index contributed by atoms with van der Waals surface area (Å²) in [6.07, 6.45) is 7.32. The molecule has 1 atom stereocenters. The topological polar surface area (TPSA) is 41.0 Å². The Bertz CT molecular complexity index is 328. The summed E-state index contributed by atoms with van der Waals surface area (Å²) >= 11 is 0. The number of aromatic amines is 1. The minimum absolute atomic E-state index is 0.00116. The molecule has 0 aromatic carbocycles. The van der Waals surface area contributed by atoms with Gasteiger partial charge in [0.05, 0.1) is 6.17 Å². The van der Waals surface area contributed by atoms with Gasteiger partial charge in [-0.3, -0.25) is 9.47 Å². The van der Waals surface area contributed by atoms with Crippen LogP contribution in [0.25, 0.3) is 0 Å². The maximum Gasteiger partial charge on any atom is 0.326 e. The number of likely N-dealkylation sites (tertiary alicyclic amines) is 1. The lowest BCUT2D eigenvalue weighted by Crippen LogP contribution is -2.37. The third kappa shape index (κ3) is 1.54. The summed E-state index contributed by atoms with van der Waals surface area (Å²) < 4.78 is 1.78. The summed E-state index contributed by atoms with van der Waals surface area (Å²) in [6.45, 7) is 1.09. The van der Waals surface area contributed by atoms with E-state index in [1.807, 2.05) is 6.20 Å². The lowest BCUT2D eigenvalue weighted by molar-refractivity contribution is 0.124. The Kier molecular flexibility index (Phi) is 2.22. The van der Waals surface area contributed by atoms with Gasteiger partial charge in [-0.1, -0.05) is 0 Å². The molecule has 0 saturated carbocycles. The van der Waals surface area contributed by atoms with Crippen LogP contribution in [0.3, 0.4) is 0 Å². The molecule has 0 bridgehead atoms. The van der Waals surface area contributed by atoms with Gasteiger partial charge < -0.3 is 4.98 Å². The van der Waals surface area contributed by atoms with E-state index in [9.17, 15) is 4.79 Å². The molecule has 0 spiro atoms. The molecule has 1 N–H and O–H groups in total. The number of imidazole rings is 1. The number of nitrogens with zero attached hydrogens (tertiary/aromatic N) is 2. The first kappa shape index (κ1) is 8.56. The molecule has 72 valence electrons. The zero-order chi connectivity index (χ0) is 9.26. The minimum Gasteiger partial charge on any atom is -0.313 e. The van der Waals surface area contributed by atoms with Crippen molar-refractivity contribution in [2.75, 3.05) is 13.6 Å². The van der Waals surface area contributed by atoms with E-state index < -0.39 is 0 Å². The maximum absolute atomic E-state index is 11.3. The van der Waals surface area contributed by atoms with Crippen LogP contribution in [0.15, 0.2) is 17.2 Å². The third-order valence-electron chi connectivity index (χ3n) is 2.73. The molecule has 1 aliphatic heterocycles. The van der Waals surface area contributed by atoms with Crippen LogP contribution >= 0.6 is 0 Å². The maximum atomic E-state index is 11.3. The molecule has 0 radical (unpaired) electrons. The number of H-pyrrole nitrogens is 1. The van der Waals surface area contributed by atoms with Crippen LogP contribution in [0, 0.1) is 0 Å². The normalized spacial score (nSPS) is 24.8. The summed E-state index contributed by atoms with van der Waals surface area (Å²) in [7, 11) is 2.07. The van der Waals surface area contributed by atoms with Crippen LogP contribution in [0.4, 0.5) is 0 Å². The Balaban J connectivity index is 2.24. The largest absolute Gasteiger partial charge is 0.326 e. The molecule has 2 rings (SSSR count). The second-order valence-electron chi connectivity index (χ2n) is 3.63. The van der Waals surface area contributed by atoms with Crippen molar-refractivity contribution in [1.82, 2.24) is 14.5 Å². The quantitative estimate of drug-likeness (QED) is 0.696. The van der Waals surface area contributed by atoms with Crippen LogP contribution in [0.5, 0.6) is 0 Å². The molecule has 1 unspecified atom stereocenters. The van der Waals surface area contributed by atoms with Gasteiger partial charge in [-0.05, 0) is 32.9 Å². The smallest absolute Gasteiger partial charge is 0.313 e.